The van der Waals surface area contributed by atoms with E-state index in [-0.39, 0.29) is 135 Å². The minimum Gasteiger partial charge on any atom is -0.507 e. The number of primary amides is 1. The normalized spacial score (nSPS) is 22.5. The van der Waals surface area contributed by atoms with Gasteiger partial charge in [-0.2, -0.15) is 0 Å². The highest BCUT2D eigenvalue weighted by atomic mass is 127. The number of benzene rings is 4. The maximum absolute atomic E-state index is 15.0. The first-order valence-corrected chi connectivity index (χ1v) is 35.9. The van der Waals surface area contributed by atoms with Crippen LogP contribution in [0.3, 0.4) is 0 Å². The van der Waals surface area contributed by atoms with Crippen LogP contribution < -0.4 is 42.5 Å². The largest absolute Gasteiger partial charge is 0.507 e. The molecule has 0 saturated heterocycles. The fourth-order valence-corrected chi connectivity index (χ4v) is 14.5. The number of ether oxygens (including phenoxy) is 3. The summed E-state index contributed by atoms with van der Waals surface area (Å²) in [6, 6.07) is 7.77. The number of rotatable bonds is 24. The van der Waals surface area contributed by atoms with Gasteiger partial charge in [0.05, 0.1) is 50.1 Å². The summed E-state index contributed by atoms with van der Waals surface area (Å²) in [5.74, 6) is -4.65. The maximum Gasteiger partial charge on any atom is 0.369 e. The number of phenolic OH excluding ortho intramolecular Hbond substituents is 2. The van der Waals surface area contributed by atoms with Gasteiger partial charge in [0.25, 0.3) is 23.5 Å². The van der Waals surface area contributed by atoms with Crippen molar-refractivity contribution in [1.82, 2.24) is 25.8 Å². The molecular formula is C73H93IN9O16S+. The SMILES string of the molecule is CO[C@H]1/C=C/O[C@@]2(I)Oc3c(C)c(O)c4c(=O)c(c5oc6cc(SCCC[N+](C)(C)Cc7ccc(NC(=O)[C@H](CCCNC(N)=O)NC(=O)[C@@H](NC(=O)CCCCCN8C(=O)C=CC8=O)C(C)C)cc7)cc(O)c6nc-5c4c3C2=O)NC(=O)/C(C)=C\C=C\[C@H](C)C[C@@H](C)C[C@@H](C)[C@H](O)[C@@H]1C. The summed E-state index contributed by atoms with van der Waals surface area (Å²) in [5.41, 5.74) is 5.46. The number of nitrogens with two attached hydrogens (primary N) is 1. The number of allylic oxidation sites excluding steroid dienone is 3. The van der Waals surface area contributed by atoms with Gasteiger partial charge in [-0.25, -0.2) is 9.78 Å². The van der Waals surface area contributed by atoms with Gasteiger partial charge >= 0.3 is 9.82 Å². The number of urea groups is 1. The standard InChI is InChI=1S/C73H92IN9O16S/c1-39(2)59(79-53(85)21-13-12-14-30-82-54(86)26-27-55(82)87)71(94)78-49(20-16-29-76-72(75)95)70(93)77-47-24-22-46(23-25-47)38-83(9,10)31-17-33-100-48-36-50(84)60-52(37-48)98-67-61(80-60)56-57-64(89)45(8)66-58(56)68(91)73(74,99-66)97-32-28-51(96-11)44(7)63(88)43(6)35-41(4)34-40(3)18-15-19-42(5)69(92)81-62(67)65(57)90/h15,18-19,22-28,32,36-37,39-41,43-44,49,51,59,63,88H,12-14,16-17,20-21,29-31,33-35,38H2,1-11H3,(H8-,75,76,77,78,79,80,81,84,85,86,87,89,90,91,92,93,94,95)/p+1/b18-15+,32-28+,42-19-/t40-,41+,43+,44+,49-,51-,59-,63-,73+/m0/s1. The molecule has 1 aliphatic carbocycles. The predicted octanol–water partition coefficient (Wildman–Crippen LogP) is 9.77. The van der Waals surface area contributed by atoms with Crippen molar-refractivity contribution in [3.8, 4) is 28.7 Å². The van der Waals surface area contributed by atoms with E-state index in [9.17, 15) is 53.7 Å². The zero-order chi connectivity index (χ0) is 73.1. The van der Waals surface area contributed by atoms with Crippen molar-refractivity contribution >= 4 is 115 Å². The molecule has 8 amide bonds. The summed E-state index contributed by atoms with van der Waals surface area (Å²) in [6.45, 7) is 16.4. The lowest BCUT2D eigenvalue weighted by Gasteiger charge is -2.31. The lowest BCUT2D eigenvalue weighted by atomic mass is 9.82. The van der Waals surface area contributed by atoms with Crippen LogP contribution in [0.5, 0.6) is 17.2 Å². The Balaban J connectivity index is 0.966. The number of imide groups is 1. The number of aromatic nitrogens is 1. The number of quaternary nitrogens is 1. The van der Waals surface area contributed by atoms with E-state index in [1.165, 1.54) is 50.3 Å². The number of alkyl halides is 1. The van der Waals surface area contributed by atoms with Crippen molar-refractivity contribution in [2.24, 2.45) is 35.3 Å². The van der Waals surface area contributed by atoms with Crippen LogP contribution in [0, 0.1) is 36.5 Å². The summed E-state index contributed by atoms with van der Waals surface area (Å²) in [6.07, 6.45) is 13.6. The minimum atomic E-state index is -2.07. The highest BCUT2D eigenvalue weighted by Crippen LogP contribution is 2.52. The highest BCUT2D eigenvalue weighted by Gasteiger charge is 2.52. The molecule has 25 nitrogen and oxygen atoms in total. The number of Topliss-reactive ketones (excluding diaryl/α,β-unsaturated/α-hetero) is 1. The van der Waals surface area contributed by atoms with E-state index in [1.807, 2.05) is 32.1 Å². The number of nitrogens with one attached hydrogen (secondary N) is 5. The lowest BCUT2D eigenvalue weighted by molar-refractivity contribution is -0.903. The van der Waals surface area contributed by atoms with Gasteiger partial charge in [0.2, 0.25) is 23.2 Å². The number of aliphatic hydroxyl groups is 1. The first-order chi connectivity index (χ1) is 47.3. The third-order valence-corrected chi connectivity index (χ3v) is 20.4. The third kappa shape index (κ3) is 19.0. The maximum atomic E-state index is 15.0. The molecule has 0 radical (unpaired) electrons. The van der Waals surface area contributed by atoms with E-state index in [4.69, 9.17) is 29.3 Å². The van der Waals surface area contributed by atoms with E-state index in [0.29, 0.717) is 66.0 Å². The van der Waals surface area contributed by atoms with Gasteiger partial charge in [0, 0.05) is 112 Å². The van der Waals surface area contributed by atoms with Gasteiger partial charge < -0.3 is 70.7 Å². The molecule has 100 heavy (non-hydrogen) atoms. The number of amides is 8. The van der Waals surface area contributed by atoms with Gasteiger partial charge in [-0.05, 0) is 106 Å². The molecule has 0 spiro atoms. The monoisotopic (exact) mass is 1510 g/mol. The Hall–Kier alpha value is -8.38. The van der Waals surface area contributed by atoms with Crippen LogP contribution in [0.15, 0.2) is 98.8 Å². The zero-order valence-electron chi connectivity index (χ0n) is 58.5. The van der Waals surface area contributed by atoms with E-state index >= 15 is 4.79 Å². The molecule has 4 aliphatic heterocycles. The first-order valence-electron chi connectivity index (χ1n) is 33.8. The Labute approximate surface area is 599 Å². The fourth-order valence-electron chi connectivity index (χ4n) is 12.9. The number of methoxy groups -OCH3 is 1. The highest BCUT2D eigenvalue weighted by molar-refractivity contribution is 14.1. The molecule has 0 saturated carbocycles. The van der Waals surface area contributed by atoms with Gasteiger partial charge in [-0.15, -0.1) is 11.8 Å². The fraction of sp³-hybridized carbons (Fsp3) is 0.479. The topological polar surface area (TPSA) is 357 Å². The molecule has 538 valence electrons. The Morgan fingerprint density at radius 1 is 0.920 bits per heavy atom. The number of aliphatic hydroxyl groups excluding tert-OH is 1. The second-order valence-electron chi connectivity index (χ2n) is 27.5. The predicted molar refractivity (Wildman–Crippen MR) is 390 cm³/mol. The molecule has 5 aliphatic rings. The van der Waals surface area contributed by atoms with Crippen LogP contribution in [-0.4, -0.2) is 152 Å². The number of halogens is 1. The van der Waals surface area contributed by atoms with Crippen LogP contribution >= 0.6 is 34.4 Å². The smallest absolute Gasteiger partial charge is 0.369 e. The number of carbonyl (C=O) groups is 8. The molecule has 9 atom stereocenters. The number of aromatic hydroxyl groups is 2. The van der Waals surface area contributed by atoms with Crippen molar-refractivity contribution in [1.29, 1.82) is 0 Å². The molecular weight excluding hydrogens is 1420 g/mol. The average Bonchev–Trinajstić information content (AvgIpc) is 0.881. The summed E-state index contributed by atoms with van der Waals surface area (Å²) in [7, 11) is 5.68. The van der Waals surface area contributed by atoms with E-state index in [1.54, 1.807) is 79.8 Å². The summed E-state index contributed by atoms with van der Waals surface area (Å²) in [5, 5.41) is 48.5. The zero-order valence-corrected chi connectivity index (χ0v) is 61.4. The van der Waals surface area contributed by atoms with Crippen molar-refractivity contribution in [2.75, 3.05) is 57.2 Å². The molecule has 3 aromatic rings. The molecule has 27 heteroatoms. The molecule has 4 bridgehead atoms. The van der Waals surface area contributed by atoms with Crippen molar-refractivity contribution in [3.63, 3.8) is 0 Å². The summed E-state index contributed by atoms with van der Waals surface area (Å²) >= 11 is 3.16. The van der Waals surface area contributed by atoms with E-state index in [2.05, 4.69) is 54.5 Å². The Morgan fingerprint density at radius 3 is 2.31 bits per heavy atom. The summed E-state index contributed by atoms with van der Waals surface area (Å²) in [4.78, 5) is 127. The molecule has 3 aromatic carbocycles. The van der Waals surface area contributed by atoms with E-state index in [0.717, 1.165) is 23.3 Å². The molecule has 10 N–H and O–H groups in total. The quantitative estimate of drug-likeness (QED) is 0.00405. The number of ketones is 1. The Morgan fingerprint density at radius 2 is 1.63 bits per heavy atom. The van der Waals surface area contributed by atoms with Crippen LogP contribution in [0.2, 0.25) is 0 Å². The second kappa shape index (κ2) is 33.9. The van der Waals surface area contributed by atoms with Gasteiger partial charge in [-0.1, -0.05) is 78.3 Å². The lowest BCUT2D eigenvalue weighted by Crippen LogP contribution is -2.54. The Kier molecular flexibility index (Phi) is 26.2. The molecule has 0 aromatic heterocycles. The van der Waals surface area contributed by atoms with E-state index < -0.39 is 74.7 Å². The molecule has 0 unspecified atom stereocenters. The Bertz CT molecular complexity index is 4060. The minimum absolute atomic E-state index is 0.0346. The van der Waals surface area contributed by atoms with Crippen molar-refractivity contribution in [2.45, 2.75) is 153 Å². The molecule has 8 rings (SSSR count). The number of nitrogens with zero attached hydrogens (tertiary/aromatic N) is 3. The number of unbranched alkanes of at least 4 members (excludes halogenated alkanes) is 2. The number of thioether (sulfide) groups is 1. The number of carbonyl (C=O) groups excluding carboxylic acids is 8. The van der Waals surface area contributed by atoms with Gasteiger partial charge in [0.1, 0.15) is 52.8 Å². The number of fused-ring (bicyclic) bond motifs is 2. The average molecular weight is 1510 g/mol. The number of phenols is 2. The van der Waals surface area contributed by atoms with Crippen LogP contribution in [0.1, 0.15) is 128 Å². The van der Waals surface area contributed by atoms with Crippen molar-refractivity contribution < 1.29 is 76.8 Å². The number of hydrogen-bond acceptors (Lipinski definition) is 18. The number of hydrogen-bond donors (Lipinski definition) is 9. The molecule has 0 fully saturated rings. The first kappa shape index (κ1) is 77.4. The van der Waals surface area contributed by atoms with Crippen LogP contribution in [0.4, 0.5) is 16.2 Å². The second-order valence-corrected chi connectivity index (χ2v) is 30.0. The van der Waals surface area contributed by atoms with Crippen LogP contribution in [-0.2, 0) is 44.8 Å². The third-order valence-electron chi connectivity index (χ3n) is 18.4. The van der Waals surface area contributed by atoms with Gasteiger partial charge in [0.15, 0.2) is 11.3 Å². The summed E-state index contributed by atoms with van der Waals surface area (Å²) < 4.78 is 23.3. The van der Waals surface area contributed by atoms with Gasteiger partial charge in [-0.3, -0.25) is 43.3 Å². The number of anilines is 2. The van der Waals surface area contributed by atoms with Crippen molar-refractivity contribution in [3.05, 3.63) is 112 Å². The molecule has 4 heterocycles. The van der Waals surface area contributed by atoms with Crippen LogP contribution in [0.25, 0.3) is 33.3 Å².